The Kier molecular flexibility index (Phi) is 134000. The molecule has 0 spiro atoms. The molecule has 6 nitrogen and oxygen atoms in total. The number of hydrogen-bond acceptors (Lipinski definition) is 0. The SMILES string of the molecule is O.O.O.O.O.O.S.[Fe]. The Labute approximate surface area is 64.0 Å². The summed E-state index contributed by atoms with van der Waals surface area (Å²) >= 11 is 0. The molecule has 0 aromatic carbocycles. The Hall–Kier alpha value is 0.629. The maximum atomic E-state index is 0. The smallest absolute Gasteiger partial charge is 0 e. The van der Waals surface area contributed by atoms with Crippen LogP contribution >= 0.6 is 13.5 Å². The first-order valence-corrected chi connectivity index (χ1v) is 0. The van der Waals surface area contributed by atoms with E-state index in [1.165, 1.54) is 0 Å². The molecule has 0 atom stereocenters. The summed E-state index contributed by atoms with van der Waals surface area (Å²) in [6.45, 7) is 0. The zero-order chi connectivity index (χ0) is 0. The van der Waals surface area contributed by atoms with Gasteiger partial charge in [0.25, 0.3) is 0 Å². The summed E-state index contributed by atoms with van der Waals surface area (Å²) in [6, 6.07) is 0. The van der Waals surface area contributed by atoms with Crippen molar-refractivity contribution in [3.8, 4) is 0 Å². The monoisotopic (exact) mass is 198 g/mol. The Morgan fingerprint density at radius 1 is 0.375 bits per heavy atom. The van der Waals surface area contributed by atoms with Crippen LogP contribution in [0, 0.1) is 0 Å². The zero-order valence-electron chi connectivity index (χ0n) is 3.85. The van der Waals surface area contributed by atoms with Gasteiger partial charge in [0.05, 0.1) is 0 Å². The van der Waals surface area contributed by atoms with Crippen LogP contribution in [0.4, 0.5) is 0 Å². The minimum atomic E-state index is 0. The molecule has 0 radical (unpaired) electrons. The molecular formula is H14FeO6S. The van der Waals surface area contributed by atoms with Crippen LogP contribution in [0.5, 0.6) is 0 Å². The molecular weight excluding hydrogens is 184 g/mol. The van der Waals surface area contributed by atoms with Crippen molar-refractivity contribution in [2.75, 3.05) is 0 Å². The second kappa shape index (κ2) is 846. The van der Waals surface area contributed by atoms with E-state index < -0.39 is 0 Å². The summed E-state index contributed by atoms with van der Waals surface area (Å²) in [6.07, 6.45) is 0. The minimum Gasteiger partial charge on any atom is -0.412 e. The third-order valence-corrected chi connectivity index (χ3v) is 0. The Morgan fingerprint density at radius 2 is 0.375 bits per heavy atom. The predicted octanol–water partition coefficient (Wildman–Crippen LogP) is -4.84. The fraction of sp³-hybridized carbons (Fsp3) is 0. The van der Waals surface area contributed by atoms with Crippen LogP contribution in [-0.4, -0.2) is 32.9 Å². The summed E-state index contributed by atoms with van der Waals surface area (Å²) < 4.78 is 0. The maximum absolute atomic E-state index is 0. The molecule has 0 aromatic rings. The van der Waals surface area contributed by atoms with E-state index in [0.29, 0.717) is 0 Å². The van der Waals surface area contributed by atoms with Crippen molar-refractivity contribution in [3.05, 3.63) is 0 Å². The van der Waals surface area contributed by atoms with Gasteiger partial charge in [0, 0.05) is 17.1 Å². The summed E-state index contributed by atoms with van der Waals surface area (Å²) in [5, 5.41) is 0. The first kappa shape index (κ1) is 1270. The van der Waals surface area contributed by atoms with Gasteiger partial charge in [-0.1, -0.05) is 0 Å². The molecule has 8 heteroatoms. The van der Waals surface area contributed by atoms with E-state index in [2.05, 4.69) is 0 Å². The van der Waals surface area contributed by atoms with Crippen LogP contribution in [0.2, 0.25) is 0 Å². The summed E-state index contributed by atoms with van der Waals surface area (Å²) in [7, 11) is 0. The van der Waals surface area contributed by atoms with Gasteiger partial charge in [0.15, 0.2) is 0 Å². The average Bonchev–Trinajstić information content (AvgIpc) is 0. The summed E-state index contributed by atoms with van der Waals surface area (Å²) in [4.78, 5) is 0. The average molecular weight is 198 g/mol. The van der Waals surface area contributed by atoms with Crippen LogP contribution in [-0.2, 0) is 17.1 Å². The van der Waals surface area contributed by atoms with E-state index in [9.17, 15) is 0 Å². The van der Waals surface area contributed by atoms with Crippen LogP contribution in [0.25, 0.3) is 0 Å². The van der Waals surface area contributed by atoms with Crippen molar-refractivity contribution in [1.82, 2.24) is 0 Å². The molecule has 0 saturated heterocycles. The van der Waals surface area contributed by atoms with Crippen LogP contribution in [0.1, 0.15) is 0 Å². The van der Waals surface area contributed by atoms with Crippen molar-refractivity contribution in [2.45, 2.75) is 0 Å². The number of hydrogen-bond donors (Lipinski definition) is 0. The van der Waals surface area contributed by atoms with Crippen LogP contribution < -0.4 is 0 Å². The molecule has 8 heavy (non-hydrogen) atoms. The van der Waals surface area contributed by atoms with Gasteiger partial charge < -0.3 is 32.9 Å². The second-order valence-corrected chi connectivity index (χ2v) is 0. The number of rotatable bonds is 0. The van der Waals surface area contributed by atoms with E-state index in [1.807, 2.05) is 0 Å². The van der Waals surface area contributed by atoms with E-state index in [0.717, 1.165) is 0 Å². The van der Waals surface area contributed by atoms with Crippen LogP contribution in [0.15, 0.2) is 0 Å². The zero-order valence-corrected chi connectivity index (χ0v) is 5.96. The van der Waals surface area contributed by atoms with Gasteiger partial charge in [0.1, 0.15) is 0 Å². The normalized spacial score (nSPS) is 0. The molecule has 0 unspecified atom stereocenters. The Balaban J connectivity index is 0. The van der Waals surface area contributed by atoms with E-state index in [4.69, 9.17) is 0 Å². The molecule has 12 N–H and O–H groups in total. The van der Waals surface area contributed by atoms with E-state index >= 15 is 0 Å². The van der Waals surface area contributed by atoms with Gasteiger partial charge in [0.2, 0.25) is 0 Å². The van der Waals surface area contributed by atoms with Crippen LogP contribution in [0.3, 0.4) is 0 Å². The van der Waals surface area contributed by atoms with Gasteiger partial charge in [-0.15, -0.1) is 0 Å². The maximum Gasteiger partial charge on any atom is 0 e. The largest absolute Gasteiger partial charge is 0.412 e. The topological polar surface area (TPSA) is 189 Å². The first-order valence-electron chi connectivity index (χ1n) is 0. The molecule has 0 bridgehead atoms. The molecule has 0 amide bonds. The van der Waals surface area contributed by atoms with Crippen molar-refractivity contribution >= 4 is 13.5 Å². The van der Waals surface area contributed by atoms with Gasteiger partial charge >= 0.3 is 0 Å². The second-order valence-electron chi connectivity index (χ2n) is 0. The molecule has 0 saturated carbocycles. The van der Waals surface area contributed by atoms with Crippen molar-refractivity contribution in [1.29, 1.82) is 0 Å². The van der Waals surface area contributed by atoms with Gasteiger partial charge in [-0.05, 0) is 0 Å². The first-order chi connectivity index (χ1) is 0. The van der Waals surface area contributed by atoms with Crippen molar-refractivity contribution < 1.29 is 49.9 Å². The van der Waals surface area contributed by atoms with E-state index in [-0.39, 0.29) is 63.4 Å². The third-order valence-electron chi connectivity index (χ3n) is 0. The summed E-state index contributed by atoms with van der Waals surface area (Å²) in [5.74, 6) is 0. The molecule has 0 rings (SSSR count). The molecule has 0 aliphatic rings. The fourth-order valence-electron chi connectivity index (χ4n) is 0. The molecule has 0 aliphatic heterocycles. The fourth-order valence-corrected chi connectivity index (χ4v) is 0. The minimum absolute atomic E-state index is 0. The van der Waals surface area contributed by atoms with E-state index in [1.54, 1.807) is 0 Å². The predicted molar refractivity (Wildman–Crippen MR) is 32.1 cm³/mol. The van der Waals surface area contributed by atoms with Crippen molar-refractivity contribution in [3.63, 3.8) is 0 Å². The Bertz CT molecular complexity index is 8.49. The quantitative estimate of drug-likeness (QED) is 0.337. The molecule has 64 valence electrons. The van der Waals surface area contributed by atoms with Gasteiger partial charge in [-0.2, -0.15) is 13.5 Å². The molecule has 0 heterocycles. The standard InChI is InChI=1S/Fe.6H2O.H2S/h;7*1H2. The van der Waals surface area contributed by atoms with Crippen molar-refractivity contribution in [2.24, 2.45) is 0 Å². The molecule has 0 aromatic heterocycles. The van der Waals surface area contributed by atoms with Gasteiger partial charge in [-0.3, -0.25) is 0 Å². The Morgan fingerprint density at radius 3 is 0.375 bits per heavy atom. The van der Waals surface area contributed by atoms with Gasteiger partial charge in [-0.25, -0.2) is 0 Å². The molecule has 0 fully saturated rings. The molecule has 0 aliphatic carbocycles. The third kappa shape index (κ3) is 530. The summed E-state index contributed by atoms with van der Waals surface area (Å²) in [5.41, 5.74) is 0.